The van der Waals surface area contributed by atoms with E-state index in [-0.39, 0.29) is 17.3 Å². The van der Waals surface area contributed by atoms with Crippen LogP contribution in [-0.2, 0) is 0 Å². The second-order valence-corrected chi connectivity index (χ2v) is 12.1. The highest BCUT2D eigenvalue weighted by atomic mass is 35.5. The van der Waals surface area contributed by atoms with Gasteiger partial charge < -0.3 is 19.1 Å². The van der Waals surface area contributed by atoms with E-state index in [0.717, 1.165) is 5.56 Å². The van der Waals surface area contributed by atoms with E-state index < -0.39 is 23.4 Å². The van der Waals surface area contributed by atoms with Crippen LogP contribution in [0, 0.1) is 5.41 Å². The van der Waals surface area contributed by atoms with Gasteiger partial charge in [0.15, 0.2) is 28.8 Å². The van der Waals surface area contributed by atoms with Crippen molar-refractivity contribution in [3.8, 4) is 17.2 Å². The molecule has 7 nitrogen and oxygen atoms in total. The molecule has 0 bridgehead atoms. The van der Waals surface area contributed by atoms with E-state index >= 15 is 0 Å². The minimum absolute atomic E-state index is 0.202. The van der Waals surface area contributed by atoms with Crippen molar-refractivity contribution in [1.29, 1.82) is 0 Å². The van der Waals surface area contributed by atoms with Gasteiger partial charge in [0.05, 0.1) is 32.2 Å². The number of ether oxygens (including phenoxy) is 3. The number of halogens is 1. The van der Waals surface area contributed by atoms with Gasteiger partial charge in [-0.3, -0.25) is 14.4 Å². The molecule has 0 saturated carbocycles. The lowest BCUT2D eigenvalue weighted by molar-refractivity contribution is 0.0664. The number of carbonyl (C=O) groups is 3. The van der Waals surface area contributed by atoms with Gasteiger partial charge >= 0.3 is 0 Å². The molecule has 7 rings (SSSR count). The molecular weight excluding hydrogens is 586 g/mol. The van der Waals surface area contributed by atoms with Crippen molar-refractivity contribution in [3.63, 3.8) is 0 Å². The molecule has 1 fully saturated rings. The van der Waals surface area contributed by atoms with Crippen LogP contribution in [0.15, 0.2) is 78.2 Å². The molecule has 2 aliphatic heterocycles. The quantitative estimate of drug-likeness (QED) is 0.176. The van der Waals surface area contributed by atoms with Crippen molar-refractivity contribution in [2.45, 2.75) is 18.0 Å². The van der Waals surface area contributed by atoms with Crippen molar-refractivity contribution in [2.24, 2.45) is 5.41 Å². The third-order valence-corrected chi connectivity index (χ3v) is 9.99. The molecule has 4 aromatic rings. The highest BCUT2D eigenvalue weighted by Gasteiger charge is 2.72. The Morgan fingerprint density at radius 3 is 2.23 bits per heavy atom. The van der Waals surface area contributed by atoms with Crippen LogP contribution in [-0.4, -0.2) is 50.8 Å². The molecule has 0 unspecified atom stereocenters. The summed E-state index contributed by atoms with van der Waals surface area (Å²) in [5.41, 5.74) is 1.01. The van der Waals surface area contributed by atoms with E-state index in [4.69, 9.17) is 25.8 Å². The van der Waals surface area contributed by atoms with E-state index in [0.29, 0.717) is 49.5 Å². The monoisotopic (exact) mass is 611 g/mol. The lowest BCUT2D eigenvalue weighted by Gasteiger charge is -2.37. The molecule has 1 aromatic heterocycles. The minimum atomic E-state index is -1.68. The molecule has 1 aliphatic carbocycles. The van der Waals surface area contributed by atoms with Gasteiger partial charge in [-0.2, -0.15) is 0 Å². The first-order valence-corrected chi connectivity index (χ1v) is 15.0. The molecule has 0 amide bonds. The molecule has 0 radical (unpaired) electrons. The fraction of sp³-hybridized carbons (Fsp3) is 0.206. The molecule has 3 heterocycles. The molecule has 0 N–H and O–H groups in total. The summed E-state index contributed by atoms with van der Waals surface area (Å²) in [6.07, 6.45) is 3.75. The SMILES string of the molecule is COc1ccc([C@H]2[C@H](C(=O)c3cccs3)N3c4ccc(Cl)cc4C=C[C@@H]3C23C(=O)c2ccccc2C3=O)c(OC)c1OC. The molecule has 43 heavy (non-hydrogen) atoms. The Morgan fingerprint density at radius 2 is 1.60 bits per heavy atom. The lowest BCUT2D eigenvalue weighted by Crippen LogP contribution is -2.48. The normalized spacial score (nSPS) is 21.0. The number of carbonyl (C=O) groups excluding carboxylic acids is 3. The Labute approximate surface area is 257 Å². The number of hydrogen-bond acceptors (Lipinski definition) is 8. The number of hydrogen-bond donors (Lipinski definition) is 0. The number of fused-ring (bicyclic) bond motifs is 5. The third kappa shape index (κ3) is 3.63. The number of rotatable bonds is 6. The number of Topliss-reactive ketones (excluding diaryl/α,β-unsaturated/α-hetero) is 3. The van der Waals surface area contributed by atoms with E-state index in [1.807, 2.05) is 40.6 Å². The summed E-state index contributed by atoms with van der Waals surface area (Å²) in [6, 6.07) is 17.7. The van der Waals surface area contributed by atoms with Crippen molar-refractivity contribution < 1.29 is 28.6 Å². The van der Waals surface area contributed by atoms with Crippen LogP contribution >= 0.6 is 22.9 Å². The van der Waals surface area contributed by atoms with Gasteiger partial charge in [-0.1, -0.05) is 60.2 Å². The molecule has 3 aliphatic rings. The topological polar surface area (TPSA) is 82.1 Å². The minimum Gasteiger partial charge on any atom is -0.493 e. The zero-order chi connectivity index (χ0) is 30.0. The fourth-order valence-electron chi connectivity index (χ4n) is 7.22. The molecule has 3 atom stereocenters. The first-order chi connectivity index (χ1) is 20.9. The Balaban J connectivity index is 1.59. The Kier molecular flexibility index (Phi) is 6.45. The predicted octanol–water partition coefficient (Wildman–Crippen LogP) is 6.74. The standard InChI is InChI=1S/C34H26ClNO6S/c1-40-24-14-12-22(30(41-2)31(24)42-3)27-28(29(37)25-9-6-16-43-25)36-23-13-11-19(35)17-18(23)10-15-26(36)34(27)32(38)20-7-4-5-8-21(20)33(34)39/h4-17,26-28H,1-3H3/t26-,27+,28-/m1/s1. The number of anilines is 1. The van der Waals surface area contributed by atoms with Crippen LogP contribution in [0.2, 0.25) is 5.02 Å². The van der Waals surface area contributed by atoms with Crippen LogP contribution in [0.5, 0.6) is 17.2 Å². The van der Waals surface area contributed by atoms with Crippen LogP contribution in [0.1, 0.15) is 47.4 Å². The maximum atomic E-state index is 14.9. The van der Waals surface area contributed by atoms with Gasteiger partial charge in [-0.05, 0) is 41.3 Å². The molecule has 216 valence electrons. The molecule has 1 saturated heterocycles. The Hall–Kier alpha value is -4.40. The maximum absolute atomic E-state index is 14.9. The summed E-state index contributed by atoms with van der Waals surface area (Å²) >= 11 is 7.71. The lowest BCUT2D eigenvalue weighted by atomic mass is 9.64. The highest BCUT2D eigenvalue weighted by molar-refractivity contribution is 7.12. The smallest absolute Gasteiger partial charge is 0.203 e. The van der Waals surface area contributed by atoms with E-state index in [1.165, 1.54) is 32.7 Å². The number of methoxy groups -OCH3 is 3. The van der Waals surface area contributed by atoms with Gasteiger partial charge in [0.25, 0.3) is 0 Å². The Morgan fingerprint density at radius 1 is 0.884 bits per heavy atom. The zero-order valence-electron chi connectivity index (χ0n) is 23.5. The molecular formula is C34H26ClNO6S. The van der Waals surface area contributed by atoms with Gasteiger partial charge in [0, 0.05) is 33.3 Å². The number of ketones is 3. The maximum Gasteiger partial charge on any atom is 0.203 e. The highest BCUT2D eigenvalue weighted by Crippen LogP contribution is 2.63. The largest absolute Gasteiger partial charge is 0.493 e. The van der Waals surface area contributed by atoms with E-state index in [1.54, 1.807) is 48.5 Å². The van der Waals surface area contributed by atoms with Crippen LogP contribution in [0.4, 0.5) is 5.69 Å². The number of benzene rings is 3. The summed E-state index contributed by atoms with van der Waals surface area (Å²) in [4.78, 5) is 46.9. The summed E-state index contributed by atoms with van der Waals surface area (Å²) in [6.45, 7) is 0. The predicted molar refractivity (Wildman–Crippen MR) is 166 cm³/mol. The molecule has 3 aromatic carbocycles. The van der Waals surface area contributed by atoms with Gasteiger partial charge in [-0.15, -0.1) is 11.3 Å². The Bertz CT molecular complexity index is 1810. The molecule has 9 heteroatoms. The number of thiophene rings is 1. The van der Waals surface area contributed by atoms with Crippen molar-refractivity contribution in [3.05, 3.63) is 110 Å². The van der Waals surface area contributed by atoms with Gasteiger partial charge in [-0.25, -0.2) is 0 Å². The average molecular weight is 612 g/mol. The first kappa shape index (κ1) is 27.4. The summed E-state index contributed by atoms with van der Waals surface area (Å²) < 4.78 is 17.2. The number of nitrogens with zero attached hydrogens (tertiary/aromatic N) is 1. The van der Waals surface area contributed by atoms with Gasteiger partial charge in [0.1, 0.15) is 11.5 Å². The fourth-order valence-corrected chi connectivity index (χ4v) is 8.10. The van der Waals surface area contributed by atoms with Crippen LogP contribution in [0.3, 0.4) is 0 Å². The zero-order valence-corrected chi connectivity index (χ0v) is 25.1. The average Bonchev–Trinajstić information content (AvgIpc) is 3.73. The van der Waals surface area contributed by atoms with Crippen molar-refractivity contribution in [1.82, 2.24) is 0 Å². The van der Waals surface area contributed by atoms with Crippen molar-refractivity contribution >= 4 is 52.1 Å². The van der Waals surface area contributed by atoms with Crippen molar-refractivity contribution in [2.75, 3.05) is 26.2 Å². The van der Waals surface area contributed by atoms with Crippen LogP contribution < -0.4 is 19.1 Å². The third-order valence-electron chi connectivity index (χ3n) is 8.87. The summed E-state index contributed by atoms with van der Waals surface area (Å²) in [5, 5.41) is 2.38. The van der Waals surface area contributed by atoms with Crippen LogP contribution in [0.25, 0.3) is 6.08 Å². The first-order valence-electron chi connectivity index (χ1n) is 13.7. The second kappa shape index (κ2) is 10.1. The van der Waals surface area contributed by atoms with E-state index in [9.17, 15) is 14.4 Å². The second-order valence-electron chi connectivity index (χ2n) is 10.7. The summed E-state index contributed by atoms with van der Waals surface area (Å²) in [5.74, 6) is -0.787. The van der Waals surface area contributed by atoms with E-state index in [2.05, 4.69) is 0 Å². The summed E-state index contributed by atoms with van der Waals surface area (Å²) in [7, 11) is 4.51. The molecule has 1 spiro atoms. The van der Waals surface area contributed by atoms with Gasteiger partial charge in [0.2, 0.25) is 5.75 Å².